The van der Waals surface area contributed by atoms with E-state index >= 15 is 0 Å². The normalized spacial score (nSPS) is 13.0. The predicted octanol–water partition coefficient (Wildman–Crippen LogP) is 3.07. The van der Waals surface area contributed by atoms with Gasteiger partial charge in [-0.05, 0) is 52.4 Å². The monoisotopic (exact) mass is 500 g/mol. The summed E-state index contributed by atoms with van der Waals surface area (Å²) in [6.45, 7) is 14.7. The molecule has 0 saturated carbocycles. The Balaban J connectivity index is 0. The van der Waals surface area contributed by atoms with E-state index in [0.29, 0.717) is 31.5 Å². The smallest absolute Gasteiger partial charge is 0.410 e. The second-order valence-corrected chi connectivity index (χ2v) is 8.06. The van der Waals surface area contributed by atoms with Gasteiger partial charge in [-0.3, -0.25) is 4.99 Å². The van der Waals surface area contributed by atoms with Crippen molar-refractivity contribution in [2.45, 2.75) is 60.0 Å². The fourth-order valence-electron chi connectivity index (χ4n) is 2.47. The number of halogens is 1. The first-order chi connectivity index (χ1) is 12.1. The topological polar surface area (TPSA) is 86.2 Å². The molecule has 0 bridgehead atoms. The summed E-state index contributed by atoms with van der Waals surface area (Å²) in [6, 6.07) is 0. The fraction of sp³-hybridized carbons (Fsp3) is 0.895. The molecule has 0 aromatic carbocycles. The van der Waals surface area contributed by atoms with E-state index in [2.05, 4.69) is 29.5 Å². The molecule has 0 heterocycles. The van der Waals surface area contributed by atoms with Gasteiger partial charge >= 0.3 is 6.09 Å². The lowest BCUT2D eigenvalue weighted by atomic mass is 9.94. The highest BCUT2D eigenvalue weighted by Crippen LogP contribution is 2.15. The lowest BCUT2D eigenvalue weighted by Gasteiger charge is -2.25. The number of carbonyl (C=O) groups is 1. The number of aliphatic imine (C=N–C) groups is 1. The third kappa shape index (κ3) is 15.9. The molecule has 0 aromatic heterocycles. The van der Waals surface area contributed by atoms with Crippen molar-refractivity contribution in [3.63, 3.8) is 0 Å². The van der Waals surface area contributed by atoms with Gasteiger partial charge in [0.1, 0.15) is 5.60 Å². The molecular formula is C19H41IN4O3. The molecule has 27 heavy (non-hydrogen) atoms. The van der Waals surface area contributed by atoms with E-state index in [1.54, 1.807) is 11.9 Å². The van der Waals surface area contributed by atoms with Crippen molar-refractivity contribution in [3.05, 3.63) is 0 Å². The number of amides is 1. The maximum Gasteiger partial charge on any atom is 0.410 e. The fourth-order valence-corrected chi connectivity index (χ4v) is 2.47. The van der Waals surface area contributed by atoms with Crippen LogP contribution in [0.1, 0.15) is 54.4 Å². The van der Waals surface area contributed by atoms with Crippen molar-refractivity contribution < 1.29 is 14.6 Å². The number of nitrogens with zero attached hydrogens (tertiary/aromatic N) is 2. The summed E-state index contributed by atoms with van der Waals surface area (Å²) in [7, 11) is 1.72. The van der Waals surface area contributed by atoms with Crippen LogP contribution in [0.2, 0.25) is 0 Å². The zero-order chi connectivity index (χ0) is 20.2. The average Bonchev–Trinajstić information content (AvgIpc) is 2.50. The predicted molar refractivity (Wildman–Crippen MR) is 123 cm³/mol. The van der Waals surface area contributed by atoms with Gasteiger partial charge in [0.15, 0.2) is 5.96 Å². The van der Waals surface area contributed by atoms with Gasteiger partial charge < -0.3 is 25.4 Å². The quantitative estimate of drug-likeness (QED) is 0.244. The summed E-state index contributed by atoms with van der Waals surface area (Å²) in [5.74, 6) is 1.69. The van der Waals surface area contributed by atoms with Gasteiger partial charge in [-0.2, -0.15) is 0 Å². The molecule has 0 fully saturated rings. The molecule has 0 spiro atoms. The average molecular weight is 500 g/mol. The van der Waals surface area contributed by atoms with Crippen molar-refractivity contribution in [1.29, 1.82) is 0 Å². The summed E-state index contributed by atoms with van der Waals surface area (Å²) < 4.78 is 5.34. The third-order valence-corrected chi connectivity index (χ3v) is 3.64. The minimum absolute atomic E-state index is 0. The Morgan fingerprint density at radius 3 is 2.37 bits per heavy atom. The molecule has 1 atom stereocenters. The lowest BCUT2D eigenvalue weighted by Crippen LogP contribution is -2.43. The molecule has 0 aliphatic heterocycles. The number of rotatable bonds is 10. The van der Waals surface area contributed by atoms with Crippen LogP contribution < -0.4 is 10.6 Å². The highest BCUT2D eigenvalue weighted by molar-refractivity contribution is 14.0. The van der Waals surface area contributed by atoms with Crippen molar-refractivity contribution in [2.24, 2.45) is 16.8 Å². The molecule has 0 aromatic rings. The SMILES string of the molecule is CCNC(=NCC(CCO)CC(C)C)NCCN(C)C(=O)OC(C)(C)C.I. The number of hydrogen-bond acceptors (Lipinski definition) is 4. The molecule has 0 rings (SSSR count). The van der Waals surface area contributed by atoms with Crippen LogP contribution in [0.15, 0.2) is 4.99 Å². The van der Waals surface area contributed by atoms with Crippen LogP contribution in [-0.4, -0.2) is 67.5 Å². The van der Waals surface area contributed by atoms with E-state index in [4.69, 9.17) is 4.74 Å². The van der Waals surface area contributed by atoms with Gasteiger partial charge in [0, 0.05) is 39.8 Å². The van der Waals surface area contributed by atoms with Gasteiger partial charge in [-0.25, -0.2) is 4.79 Å². The first-order valence-electron chi connectivity index (χ1n) is 9.66. The number of aliphatic hydroxyl groups excluding tert-OH is 1. The molecule has 8 heteroatoms. The molecule has 0 aliphatic rings. The Morgan fingerprint density at radius 1 is 1.26 bits per heavy atom. The first kappa shape index (κ1) is 28.4. The van der Waals surface area contributed by atoms with Crippen molar-refractivity contribution in [1.82, 2.24) is 15.5 Å². The number of aliphatic hydroxyl groups is 1. The summed E-state index contributed by atoms with van der Waals surface area (Å²) in [5, 5.41) is 15.7. The summed E-state index contributed by atoms with van der Waals surface area (Å²) in [5.41, 5.74) is -0.493. The van der Waals surface area contributed by atoms with E-state index in [0.717, 1.165) is 25.3 Å². The second kappa shape index (κ2) is 15.2. The summed E-state index contributed by atoms with van der Waals surface area (Å²) in [4.78, 5) is 18.1. The lowest BCUT2D eigenvalue weighted by molar-refractivity contribution is 0.0302. The number of carbonyl (C=O) groups excluding carboxylic acids is 1. The van der Waals surface area contributed by atoms with Gasteiger partial charge in [0.25, 0.3) is 0 Å². The molecule has 3 N–H and O–H groups in total. The molecule has 1 amide bonds. The van der Waals surface area contributed by atoms with Crippen LogP contribution in [-0.2, 0) is 4.74 Å². The number of ether oxygens (including phenoxy) is 1. The third-order valence-electron chi connectivity index (χ3n) is 3.64. The minimum atomic E-state index is -0.493. The van der Waals surface area contributed by atoms with Crippen LogP contribution in [0.25, 0.3) is 0 Å². The Bertz CT molecular complexity index is 426. The maximum atomic E-state index is 12.0. The van der Waals surface area contributed by atoms with E-state index in [1.165, 1.54) is 0 Å². The van der Waals surface area contributed by atoms with E-state index < -0.39 is 5.60 Å². The summed E-state index contributed by atoms with van der Waals surface area (Å²) in [6.07, 6.45) is 1.48. The van der Waals surface area contributed by atoms with Gasteiger partial charge in [0.2, 0.25) is 0 Å². The zero-order valence-electron chi connectivity index (χ0n) is 18.2. The molecule has 0 aliphatic carbocycles. The van der Waals surface area contributed by atoms with Crippen LogP contribution in [0, 0.1) is 11.8 Å². The number of guanidine groups is 1. The Hall–Kier alpha value is -0.770. The molecule has 0 radical (unpaired) electrons. The van der Waals surface area contributed by atoms with Crippen LogP contribution in [0.3, 0.4) is 0 Å². The largest absolute Gasteiger partial charge is 0.444 e. The molecule has 7 nitrogen and oxygen atoms in total. The molecule has 0 saturated heterocycles. The number of likely N-dealkylation sites (N-methyl/N-ethyl adjacent to an activating group) is 1. The van der Waals surface area contributed by atoms with Crippen LogP contribution in [0.5, 0.6) is 0 Å². The van der Waals surface area contributed by atoms with Gasteiger partial charge in [-0.1, -0.05) is 13.8 Å². The number of hydrogen-bond donors (Lipinski definition) is 3. The Kier molecular flexibility index (Phi) is 16.0. The van der Waals surface area contributed by atoms with Crippen molar-refractivity contribution in [2.75, 3.05) is 39.8 Å². The highest BCUT2D eigenvalue weighted by atomic mass is 127. The number of nitrogens with one attached hydrogen (secondary N) is 2. The second-order valence-electron chi connectivity index (χ2n) is 8.06. The van der Waals surface area contributed by atoms with E-state index in [9.17, 15) is 9.90 Å². The minimum Gasteiger partial charge on any atom is -0.444 e. The molecule has 162 valence electrons. The molecular weight excluding hydrogens is 459 g/mol. The Morgan fingerprint density at radius 2 is 1.89 bits per heavy atom. The van der Waals surface area contributed by atoms with Crippen LogP contribution >= 0.6 is 24.0 Å². The van der Waals surface area contributed by atoms with E-state index in [1.807, 2.05) is 27.7 Å². The summed E-state index contributed by atoms with van der Waals surface area (Å²) >= 11 is 0. The standard InChI is InChI=1S/C19H40N4O3.HI/c1-8-20-17(22-14-16(9-12-24)13-15(2)3)21-10-11-23(7)18(25)26-19(4,5)6;/h15-16,24H,8-14H2,1-7H3,(H2,20,21,22);1H. The maximum absolute atomic E-state index is 12.0. The first-order valence-corrected chi connectivity index (χ1v) is 9.66. The van der Waals surface area contributed by atoms with Gasteiger partial charge in [-0.15, -0.1) is 24.0 Å². The van der Waals surface area contributed by atoms with E-state index in [-0.39, 0.29) is 36.7 Å². The molecule has 1 unspecified atom stereocenters. The Labute approximate surface area is 182 Å². The van der Waals surface area contributed by atoms with Crippen molar-refractivity contribution >= 4 is 36.0 Å². The van der Waals surface area contributed by atoms with Gasteiger partial charge in [0.05, 0.1) is 0 Å². The van der Waals surface area contributed by atoms with Crippen molar-refractivity contribution in [3.8, 4) is 0 Å². The van der Waals surface area contributed by atoms with Crippen LogP contribution in [0.4, 0.5) is 4.79 Å². The zero-order valence-corrected chi connectivity index (χ0v) is 20.5. The highest BCUT2D eigenvalue weighted by Gasteiger charge is 2.19.